The molecule has 0 spiro atoms. The first kappa shape index (κ1) is 13.5. The Hall–Kier alpha value is -1.98. The lowest BCUT2D eigenvalue weighted by molar-refractivity contribution is 0.453. The second kappa shape index (κ2) is 5.77. The molecule has 4 N–H and O–H groups in total. The number of halogens is 2. The van der Waals surface area contributed by atoms with Gasteiger partial charge in [-0.2, -0.15) is 0 Å². The third-order valence-electron chi connectivity index (χ3n) is 2.69. The predicted octanol–water partition coefficient (Wildman–Crippen LogP) is 2.72. The zero-order chi connectivity index (χ0) is 13.8. The summed E-state index contributed by atoms with van der Waals surface area (Å²) in [7, 11) is 0. The molecule has 1 unspecified atom stereocenters. The van der Waals surface area contributed by atoms with Crippen molar-refractivity contribution in [3.63, 3.8) is 0 Å². The lowest BCUT2D eigenvalue weighted by Gasteiger charge is -2.15. The molecular weight excluding hydrogens is 250 g/mol. The molecule has 0 heterocycles. The van der Waals surface area contributed by atoms with E-state index in [0.29, 0.717) is 5.75 Å². The molecule has 0 aliphatic rings. The van der Waals surface area contributed by atoms with Gasteiger partial charge in [0.2, 0.25) is 0 Å². The molecule has 0 saturated heterocycles. The van der Waals surface area contributed by atoms with Crippen molar-refractivity contribution in [1.29, 1.82) is 0 Å². The van der Waals surface area contributed by atoms with Crippen molar-refractivity contribution < 1.29 is 13.5 Å². The van der Waals surface area contributed by atoms with Gasteiger partial charge in [-0.05, 0) is 18.2 Å². The van der Waals surface area contributed by atoms with Gasteiger partial charge in [0, 0.05) is 24.2 Å². The van der Waals surface area contributed by atoms with E-state index < -0.39 is 11.6 Å². The third-order valence-corrected chi connectivity index (χ3v) is 2.69. The van der Waals surface area contributed by atoms with Crippen LogP contribution in [0.4, 0.5) is 8.78 Å². The summed E-state index contributed by atoms with van der Waals surface area (Å²) >= 11 is 0. The van der Waals surface area contributed by atoms with Gasteiger partial charge in [-0.25, -0.2) is 8.78 Å². The van der Waals surface area contributed by atoms with Crippen LogP contribution in [-0.4, -0.2) is 6.54 Å². The Labute approximate surface area is 109 Å². The molecule has 0 amide bonds. The molecule has 3 nitrogen and oxygen atoms in total. The number of rotatable bonds is 4. The molecule has 2 aromatic carbocycles. The maximum atomic E-state index is 13.1. The van der Waals surface area contributed by atoms with E-state index >= 15 is 0 Å². The monoisotopic (exact) mass is 264 g/mol. The van der Waals surface area contributed by atoms with E-state index in [9.17, 15) is 8.78 Å². The minimum absolute atomic E-state index is 0.204. The normalized spacial score (nSPS) is 12.2. The average molecular weight is 264 g/mol. The second-order valence-electron chi connectivity index (χ2n) is 4.06. The van der Waals surface area contributed by atoms with Crippen molar-refractivity contribution in [2.24, 2.45) is 11.5 Å². The van der Waals surface area contributed by atoms with Crippen molar-refractivity contribution >= 4 is 0 Å². The Morgan fingerprint density at radius 2 is 1.79 bits per heavy atom. The molecule has 0 aliphatic heterocycles. The number of para-hydroxylation sites is 1. The molecule has 0 aliphatic carbocycles. The van der Waals surface area contributed by atoms with E-state index in [0.717, 1.165) is 17.7 Å². The van der Waals surface area contributed by atoms with Crippen LogP contribution in [-0.2, 0) is 0 Å². The van der Waals surface area contributed by atoms with Crippen LogP contribution < -0.4 is 16.2 Å². The maximum absolute atomic E-state index is 13.1. The van der Waals surface area contributed by atoms with Crippen molar-refractivity contribution in [2.45, 2.75) is 6.04 Å². The van der Waals surface area contributed by atoms with Crippen LogP contribution in [0.15, 0.2) is 42.5 Å². The quantitative estimate of drug-likeness (QED) is 0.892. The molecule has 0 bridgehead atoms. The molecular formula is C14H14F2N2O. The Morgan fingerprint density at radius 3 is 2.47 bits per heavy atom. The Bertz CT molecular complexity index is 575. The predicted molar refractivity (Wildman–Crippen MR) is 68.9 cm³/mol. The highest BCUT2D eigenvalue weighted by molar-refractivity contribution is 5.39. The molecule has 0 saturated carbocycles. The van der Waals surface area contributed by atoms with Crippen LogP contribution in [0, 0.1) is 11.6 Å². The highest BCUT2D eigenvalue weighted by Crippen LogP contribution is 2.29. The van der Waals surface area contributed by atoms with Gasteiger partial charge in [-0.1, -0.05) is 18.2 Å². The highest BCUT2D eigenvalue weighted by atomic mass is 19.2. The Kier molecular flexibility index (Phi) is 4.09. The molecule has 5 heteroatoms. The van der Waals surface area contributed by atoms with E-state index in [4.69, 9.17) is 16.2 Å². The third kappa shape index (κ3) is 3.07. The standard InChI is InChI=1S/C14H14F2N2O/c15-11-6-5-9(7-12(11)16)19-14-4-2-1-3-10(14)13(18)8-17/h1-7,13H,8,17-18H2. The number of ether oxygens (including phenoxy) is 1. The largest absolute Gasteiger partial charge is 0.457 e. The summed E-state index contributed by atoms with van der Waals surface area (Å²) in [5.41, 5.74) is 12.1. The molecule has 1 atom stereocenters. The van der Waals surface area contributed by atoms with Crippen LogP contribution in [0.3, 0.4) is 0 Å². The van der Waals surface area contributed by atoms with Crippen LogP contribution in [0.2, 0.25) is 0 Å². The molecule has 19 heavy (non-hydrogen) atoms. The number of hydrogen-bond donors (Lipinski definition) is 2. The van der Waals surface area contributed by atoms with E-state index in [1.165, 1.54) is 6.07 Å². The minimum atomic E-state index is -0.960. The fourth-order valence-electron chi connectivity index (χ4n) is 1.67. The fraction of sp³-hybridized carbons (Fsp3) is 0.143. The first-order chi connectivity index (χ1) is 9.11. The van der Waals surface area contributed by atoms with Crippen LogP contribution in [0.5, 0.6) is 11.5 Å². The minimum Gasteiger partial charge on any atom is -0.457 e. The van der Waals surface area contributed by atoms with Gasteiger partial charge in [-0.3, -0.25) is 0 Å². The van der Waals surface area contributed by atoms with Crippen LogP contribution >= 0.6 is 0 Å². The number of benzene rings is 2. The lowest BCUT2D eigenvalue weighted by atomic mass is 10.1. The summed E-state index contributed by atoms with van der Waals surface area (Å²) in [6.07, 6.45) is 0. The van der Waals surface area contributed by atoms with Gasteiger partial charge in [0.25, 0.3) is 0 Å². The van der Waals surface area contributed by atoms with Gasteiger partial charge in [0.1, 0.15) is 11.5 Å². The zero-order valence-electron chi connectivity index (χ0n) is 10.1. The zero-order valence-corrected chi connectivity index (χ0v) is 10.1. The average Bonchev–Trinajstić information content (AvgIpc) is 2.43. The molecule has 0 fully saturated rings. The summed E-state index contributed by atoms with van der Waals surface area (Å²) in [5, 5.41) is 0. The van der Waals surface area contributed by atoms with Gasteiger partial charge in [0.05, 0.1) is 0 Å². The van der Waals surface area contributed by atoms with Crippen molar-refractivity contribution in [2.75, 3.05) is 6.54 Å². The molecule has 100 valence electrons. The van der Waals surface area contributed by atoms with Crippen LogP contribution in [0.1, 0.15) is 11.6 Å². The second-order valence-corrected chi connectivity index (χ2v) is 4.06. The summed E-state index contributed by atoms with van der Waals surface area (Å²) in [6.45, 7) is 0.262. The fourth-order valence-corrected chi connectivity index (χ4v) is 1.67. The summed E-state index contributed by atoms with van der Waals surface area (Å²) < 4.78 is 31.5. The summed E-state index contributed by atoms with van der Waals surface area (Å²) in [5.74, 6) is -1.19. The molecule has 2 aromatic rings. The molecule has 0 aromatic heterocycles. The van der Waals surface area contributed by atoms with E-state index in [1.54, 1.807) is 18.2 Å². The van der Waals surface area contributed by atoms with Gasteiger partial charge in [-0.15, -0.1) is 0 Å². The highest BCUT2D eigenvalue weighted by Gasteiger charge is 2.11. The first-order valence-corrected chi connectivity index (χ1v) is 5.79. The first-order valence-electron chi connectivity index (χ1n) is 5.79. The van der Waals surface area contributed by atoms with Gasteiger partial charge < -0.3 is 16.2 Å². The van der Waals surface area contributed by atoms with Crippen LogP contribution in [0.25, 0.3) is 0 Å². The topological polar surface area (TPSA) is 61.3 Å². The van der Waals surface area contributed by atoms with E-state index in [-0.39, 0.29) is 18.3 Å². The Balaban J connectivity index is 2.30. The molecule has 2 rings (SSSR count). The van der Waals surface area contributed by atoms with E-state index in [2.05, 4.69) is 0 Å². The smallest absolute Gasteiger partial charge is 0.162 e. The summed E-state index contributed by atoms with van der Waals surface area (Å²) in [4.78, 5) is 0. The maximum Gasteiger partial charge on any atom is 0.162 e. The van der Waals surface area contributed by atoms with Crippen molar-refractivity contribution in [3.05, 3.63) is 59.7 Å². The van der Waals surface area contributed by atoms with Gasteiger partial charge >= 0.3 is 0 Å². The number of nitrogens with two attached hydrogens (primary N) is 2. The lowest BCUT2D eigenvalue weighted by Crippen LogP contribution is -2.21. The van der Waals surface area contributed by atoms with E-state index in [1.807, 2.05) is 6.07 Å². The summed E-state index contributed by atoms with van der Waals surface area (Å²) in [6, 6.07) is 10.0. The molecule has 0 radical (unpaired) electrons. The SMILES string of the molecule is NCC(N)c1ccccc1Oc1ccc(F)c(F)c1. The van der Waals surface area contributed by atoms with Gasteiger partial charge in [0.15, 0.2) is 11.6 Å². The van der Waals surface area contributed by atoms with Crippen molar-refractivity contribution in [1.82, 2.24) is 0 Å². The Morgan fingerprint density at radius 1 is 1.05 bits per heavy atom. The number of hydrogen-bond acceptors (Lipinski definition) is 3. The van der Waals surface area contributed by atoms with Crippen molar-refractivity contribution in [3.8, 4) is 11.5 Å².